The van der Waals surface area contributed by atoms with Gasteiger partial charge in [0.1, 0.15) is 11.8 Å². The molecule has 0 saturated heterocycles. The summed E-state index contributed by atoms with van der Waals surface area (Å²) in [7, 11) is 1.59. The molecule has 98 valence electrons. The molecule has 0 aliphatic heterocycles. The molecule has 0 unspecified atom stereocenters. The molecule has 4 heteroatoms. The molecule has 0 amide bonds. The van der Waals surface area contributed by atoms with Gasteiger partial charge in [-0.25, -0.2) is 0 Å². The van der Waals surface area contributed by atoms with Gasteiger partial charge in [-0.05, 0) is 46.5 Å². The van der Waals surface area contributed by atoms with E-state index in [0.29, 0.717) is 11.3 Å². The van der Waals surface area contributed by atoms with Crippen molar-refractivity contribution >= 4 is 11.3 Å². The second-order valence-corrected chi connectivity index (χ2v) is 5.07. The monoisotopic (exact) mass is 272 g/mol. The number of thiophene rings is 1. The molecule has 2 aromatic rings. The molecule has 1 aromatic carbocycles. The average Bonchev–Trinajstić information content (AvgIpc) is 2.84. The molecular weight excluding hydrogens is 256 g/mol. The highest BCUT2D eigenvalue weighted by molar-refractivity contribution is 7.08. The summed E-state index contributed by atoms with van der Waals surface area (Å²) < 4.78 is 5.20. The lowest BCUT2D eigenvalue weighted by atomic mass is 10.1. The largest absolute Gasteiger partial charge is 0.495 e. The highest BCUT2D eigenvalue weighted by Crippen LogP contribution is 2.19. The number of nitrogens with zero attached hydrogens (tertiary/aromatic N) is 1. The topological polar surface area (TPSA) is 45.0 Å². The number of nitrogens with one attached hydrogen (secondary N) is 1. The van der Waals surface area contributed by atoms with Crippen molar-refractivity contribution in [2.45, 2.75) is 20.0 Å². The first-order valence-electron chi connectivity index (χ1n) is 6.04. The molecular formula is C15H16N2OS. The maximum atomic E-state index is 8.93. The van der Waals surface area contributed by atoms with Crippen molar-refractivity contribution in [3.8, 4) is 11.8 Å². The minimum Gasteiger partial charge on any atom is -0.495 e. The number of ether oxygens (including phenoxy) is 1. The third-order valence-corrected chi connectivity index (χ3v) is 3.90. The Balaban J connectivity index is 1.97. The smallest absolute Gasteiger partial charge is 0.136 e. The fourth-order valence-corrected chi connectivity index (χ4v) is 2.70. The number of rotatable bonds is 5. The number of hydrogen-bond acceptors (Lipinski definition) is 4. The Bertz CT molecular complexity index is 598. The summed E-state index contributed by atoms with van der Waals surface area (Å²) in [6.45, 7) is 3.74. The van der Waals surface area contributed by atoms with Gasteiger partial charge in [-0.15, -0.1) is 0 Å². The van der Waals surface area contributed by atoms with Gasteiger partial charge >= 0.3 is 0 Å². The quantitative estimate of drug-likeness (QED) is 0.909. The Labute approximate surface area is 117 Å². The number of nitriles is 1. The Morgan fingerprint density at radius 3 is 2.79 bits per heavy atom. The van der Waals surface area contributed by atoms with Crippen LogP contribution in [0, 0.1) is 18.3 Å². The first-order valence-corrected chi connectivity index (χ1v) is 6.98. The van der Waals surface area contributed by atoms with Gasteiger partial charge < -0.3 is 10.1 Å². The van der Waals surface area contributed by atoms with Crippen molar-refractivity contribution < 1.29 is 4.74 Å². The van der Waals surface area contributed by atoms with Crippen LogP contribution in [0.1, 0.15) is 22.3 Å². The molecule has 0 saturated carbocycles. The molecule has 0 aliphatic carbocycles. The lowest BCUT2D eigenvalue weighted by Gasteiger charge is -2.08. The fourth-order valence-electron chi connectivity index (χ4n) is 1.85. The molecule has 1 aromatic heterocycles. The van der Waals surface area contributed by atoms with E-state index in [4.69, 9.17) is 10.00 Å². The first-order chi connectivity index (χ1) is 9.24. The van der Waals surface area contributed by atoms with Crippen molar-refractivity contribution in [2.75, 3.05) is 7.11 Å². The molecule has 0 atom stereocenters. The lowest BCUT2D eigenvalue weighted by Crippen LogP contribution is -2.12. The molecule has 0 fully saturated rings. The van der Waals surface area contributed by atoms with E-state index in [1.165, 1.54) is 11.1 Å². The van der Waals surface area contributed by atoms with Crippen LogP contribution in [-0.4, -0.2) is 7.11 Å². The zero-order chi connectivity index (χ0) is 13.7. The summed E-state index contributed by atoms with van der Waals surface area (Å²) in [4.78, 5) is 0. The highest BCUT2D eigenvalue weighted by atomic mass is 32.1. The van der Waals surface area contributed by atoms with E-state index in [2.05, 4.69) is 29.1 Å². The van der Waals surface area contributed by atoms with Gasteiger partial charge in [-0.2, -0.15) is 16.6 Å². The summed E-state index contributed by atoms with van der Waals surface area (Å²) in [5.74, 6) is 0.633. The van der Waals surface area contributed by atoms with Crippen molar-refractivity contribution in [1.29, 1.82) is 5.26 Å². The van der Waals surface area contributed by atoms with E-state index in [-0.39, 0.29) is 0 Å². The minimum atomic E-state index is 0.569. The van der Waals surface area contributed by atoms with Gasteiger partial charge in [0.25, 0.3) is 0 Å². The molecule has 0 spiro atoms. The minimum absolute atomic E-state index is 0.569. The van der Waals surface area contributed by atoms with Crippen LogP contribution in [-0.2, 0) is 13.1 Å². The summed E-state index contributed by atoms with van der Waals surface area (Å²) in [6, 6.07) is 7.77. The molecule has 0 aliphatic rings. The molecule has 3 nitrogen and oxygen atoms in total. The van der Waals surface area contributed by atoms with Gasteiger partial charge in [-0.1, -0.05) is 6.07 Å². The average molecular weight is 272 g/mol. The fraction of sp³-hybridized carbons (Fsp3) is 0.267. The van der Waals surface area contributed by atoms with Crippen LogP contribution in [0.3, 0.4) is 0 Å². The standard InChI is InChI=1S/C15H16N2OS/c1-11-9-19-10-14(11)8-17-7-12-3-4-13(6-16)15(5-12)18-2/h3-5,9-10,17H,7-8H2,1-2H3. The number of benzene rings is 1. The highest BCUT2D eigenvalue weighted by Gasteiger charge is 2.04. The predicted octanol–water partition coefficient (Wildman–Crippen LogP) is 3.23. The van der Waals surface area contributed by atoms with Gasteiger partial charge in [-0.3, -0.25) is 0 Å². The van der Waals surface area contributed by atoms with E-state index in [0.717, 1.165) is 18.7 Å². The third kappa shape index (κ3) is 3.34. The van der Waals surface area contributed by atoms with E-state index < -0.39 is 0 Å². The lowest BCUT2D eigenvalue weighted by molar-refractivity contribution is 0.412. The van der Waals surface area contributed by atoms with Crippen LogP contribution >= 0.6 is 11.3 Å². The van der Waals surface area contributed by atoms with Crippen molar-refractivity contribution in [2.24, 2.45) is 0 Å². The number of methoxy groups -OCH3 is 1. The van der Waals surface area contributed by atoms with Crippen LogP contribution < -0.4 is 10.1 Å². The molecule has 0 bridgehead atoms. The van der Waals surface area contributed by atoms with E-state index in [1.807, 2.05) is 12.1 Å². The van der Waals surface area contributed by atoms with Crippen LogP contribution in [0.15, 0.2) is 29.0 Å². The van der Waals surface area contributed by atoms with E-state index >= 15 is 0 Å². The first kappa shape index (κ1) is 13.6. The Morgan fingerprint density at radius 1 is 1.32 bits per heavy atom. The van der Waals surface area contributed by atoms with E-state index in [1.54, 1.807) is 24.5 Å². The maximum Gasteiger partial charge on any atom is 0.136 e. The zero-order valence-electron chi connectivity index (χ0n) is 11.1. The molecule has 1 N–H and O–H groups in total. The number of aryl methyl sites for hydroxylation is 1. The van der Waals surface area contributed by atoms with Crippen LogP contribution in [0.2, 0.25) is 0 Å². The Morgan fingerprint density at radius 2 is 2.16 bits per heavy atom. The van der Waals surface area contributed by atoms with Gasteiger partial charge in [0.05, 0.1) is 12.7 Å². The van der Waals surface area contributed by atoms with Gasteiger partial charge in [0, 0.05) is 13.1 Å². The second kappa shape index (κ2) is 6.37. The third-order valence-electron chi connectivity index (χ3n) is 2.99. The van der Waals surface area contributed by atoms with Gasteiger partial charge in [0.15, 0.2) is 0 Å². The van der Waals surface area contributed by atoms with Crippen LogP contribution in [0.25, 0.3) is 0 Å². The number of hydrogen-bond donors (Lipinski definition) is 1. The Hall–Kier alpha value is -1.83. The van der Waals surface area contributed by atoms with E-state index in [9.17, 15) is 0 Å². The molecule has 2 rings (SSSR count). The van der Waals surface area contributed by atoms with Crippen molar-refractivity contribution in [1.82, 2.24) is 5.32 Å². The Kier molecular flexibility index (Phi) is 4.56. The van der Waals surface area contributed by atoms with Crippen molar-refractivity contribution in [3.05, 3.63) is 51.2 Å². The maximum absolute atomic E-state index is 8.93. The summed E-state index contributed by atoms with van der Waals surface area (Å²) in [5.41, 5.74) is 4.35. The van der Waals surface area contributed by atoms with Crippen LogP contribution in [0.4, 0.5) is 0 Å². The van der Waals surface area contributed by atoms with Crippen LogP contribution in [0.5, 0.6) is 5.75 Å². The normalized spacial score (nSPS) is 10.2. The summed E-state index contributed by atoms with van der Waals surface area (Å²) >= 11 is 1.73. The second-order valence-electron chi connectivity index (χ2n) is 4.33. The SMILES string of the molecule is COc1cc(CNCc2cscc2C)ccc1C#N. The predicted molar refractivity (Wildman–Crippen MR) is 77.3 cm³/mol. The summed E-state index contributed by atoms with van der Waals surface area (Å²) in [5, 5.41) is 16.7. The molecule has 19 heavy (non-hydrogen) atoms. The molecule has 0 radical (unpaired) electrons. The van der Waals surface area contributed by atoms with Gasteiger partial charge in [0.2, 0.25) is 0 Å². The van der Waals surface area contributed by atoms with Crippen molar-refractivity contribution in [3.63, 3.8) is 0 Å². The summed E-state index contributed by atoms with van der Waals surface area (Å²) in [6.07, 6.45) is 0. The molecule has 1 heterocycles. The zero-order valence-corrected chi connectivity index (χ0v) is 11.9.